The second-order valence-electron chi connectivity index (χ2n) is 14.9. The van der Waals surface area contributed by atoms with Crippen LogP contribution >= 0.6 is 7.82 Å². The van der Waals surface area contributed by atoms with E-state index < -0.39 is 51.1 Å². The second-order valence-corrected chi connectivity index (χ2v) is 16.4. The lowest BCUT2D eigenvalue weighted by Gasteiger charge is -2.20. The third-order valence-corrected chi connectivity index (χ3v) is 10.6. The lowest BCUT2D eigenvalue weighted by atomic mass is 10.0. The van der Waals surface area contributed by atoms with E-state index in [0.717, 1.165) is 44.9 Å². The molecule has 0 saturated carbocycles. The van der Waals surface area contributed by atoms with Gasteiger partial charge in [-0.25, -0.2) is 4.57 Å². The summed E-state index contributed by atoms with van der Waals surface area (Å²) in [5.41, 5.74) is 5.33. The number of carboxylic acid groups (broad SMARTS) is 1. The van der Waals surface area contributed by atoms with E-state index in [0.29, 0.717) is 12.8 Å². The molecule has 0 aromatic heterocycles. The standard InChI is InChI=1S/C42H80NO10P/c1-3-5-7-9-11-13-15-17-19-21-23-25-27-29-31-33-40(44)50-35-38(36-51-54(48,49)52-37-39(43)42(46)47)53-41(45)34-32-30-28-26-24-22-20-18-16-14-12-10-8-6-4-2/h3,38-39H,1,4-37,43H2,2H3,(H,46,47)(H,48,49)/t38-,39+/m1/s1. The average Bonchev–Trinajstić information content (AvgIpc) is 3.14. The molecular formula is C42H80NO10P. The molecule has 0 amide bonds. The van der Waals surface area contributed by atoms with E-state index in [-0.39, 0.29) is 19.4 Å². The molecule has 0 aromatic rings. The van der Waals surface area contributed by atoms with Crippen molar-refractivity contribution in [3.8, 4) is 0 Å². The summed E-state index contributed by atoms with van der Waals surface area (Å²) in [5.74, 6) is -2.37. The van der Waals surface area contributed by atoms with E-state index in [1.807, 2.05) is 6.08 Å². The van der Waals surface area contributed by atoms with Gasteiger partial charge in [-0.3, -0.25) is 23.4 Å². The fourth-order valence-corrected chi connectivity index (χ4v) is 7.00. The second kappa shape index (κ2) is 38.1. The number of phosphoric ester groups is 1. The van der Waals surface area contributed by atoms with E-state index in [9.17, 15) is 23.8 Å². The Bertz CT molecular complexity index is 965. The van der Waals surface area contributed by atoms with Gasteiger partial charge < -0.3 is 25.2 Å². The molecule has 0 saturated heterocycles. The van der Waals surface area contributed by atoms with Gasteiger partial charge in [-0.05, 0) is 25.7 Å². The van der Waals surface area contributed by atoms with Crippen molar-refractivity contribution >= 4 is 25.7 Å². The Balaban J connectivity index is 4.32. The molecule has 1 unspecified atom stereocenters. The number of hydrogen-bond donors (Lipinski definition) is 3. The number of hydrogen-bond acceptors (Lipinski definition) is 9. The SMILES string of the molecule is C=CCCCCCCCCCCCCCCCC(=O)OC[C@H](COP(=O)(O)OC[C@H](N)C(=O)O)OC(=O)CCCCCCCCCCCCCCCCC. The van der Waals surface area contributed by atoms with Crippen LogP contribution in [0.3, 0.4) is 0 Å². The van der Waals surface area contributed by atoms with Gasteiger partial charge in [0.25, 0.3) is 0 Å². The molecule has 0 rings (SSSR count). The summed E-state index contributed by atoms with van der Waals surface area (Å²) >= 11 is 0. The molecule has 0 aliphatic rings. The maximum atomic E-state index is 12.6. The zero-order chi connectivity index (χ0) is 40.0. The van der Waals surface area contributed by atoms with Crippen LogP contribution in [0.4, 0.5) is 0 Å². The Morgan fingerprint density at radius 3 is 1.37 bits per heavy atom. The number of carbonyl (C=O) groups excluding carboxylic acids is 2. The molecule has 0 radical (unpaired) electrons. The highest BCUT2D eigenvalue weighted by Crippen LogP contribution is 2.43. The lowest BCUT2D eigenvalue weighted by Crippen LogP contribution is -2.34. The average molecular weight is 790 g/mol. The summed E-state index contributed by atoms with van der Waals surface area (Å²) in [6, 6.07) is -1.52. The monoisotopic (exact) mass is 790 g/mol. The van der Waals surface area contributed by atoms with Crippen molar-refractivity contribution in [2.45, 2.75) is 218 Å². The van der Waals surface area contributed by atoms with Crippen LogP contribution in [0.2, 0.25) is 0 Å². The first-order valence-electron chi connectivity index (χ1n) is 21.7. The van der Waals surface area contributed by atoms with Crippen LogP contribution in [0.5, 0.6) is 0 Å². The number of allylic oxidation sites excluding steroid dienone is 1. The van der Waals surface area contributed by atoms with Crippen molar-refractivity contribution in [2.24, 2.45) is 5.73 Å². The van der Waals surface area contributed by atoms with Crippen molar-refractivity contribution in [3.05, 3.63) is 12.7 Å². The first kappa shape index (κ1) is 52.2. The Kier molecular flexibility index (Phi) is 36.9. The maximum Gasteiger partial charge on any atom is 0.472 e. The van der Waals surface area contributed by atoms with Crippen molar-refractivity contribution in [3.63, 3.8) is 0 Å². The van der Waals surface area contributed by atoms with Gasteiger partial charge in [0, 0.05) is 12.8 Å². The van der Waals surface area contributed by atoms with Crippen LogP contribution in [0, 0.1) is 0 Å². The van der Waals surface area contributed by atoms with E-state index in [1.54, 1.807) is 0 Å². The highest BCUT2D eigenvalue weighted by molar-refractivity contribution is 7.47. The zero-order valence-electron chi connectivity index (χ0n) is 34.2. The third-order valence-electron chi connectivity index (χ3n) is 9.66. The summed E-state index contributed by atoms with van der Waals surface area (Å²) in [6.07, 6.45) is 35.9. The van der Waals surface area contributed by atoms with Gasteiger partial charge in [-0.1, -0.05) is 174 Å². The Morgan fingerprint density at radius 1 is 0.593 bits per heavy atom. The summed E-state index contributed by atoms with van der Waals surface area (Å²) in [5, 5.41) is 8.88. The molecule has 0 aliphatic heterocycles. The van der Waals surface area contributed by atoms with Gasteiger partial charge in [-0.15, -0.1) is 6.58 Å². The van der Waals surface area contributed by atoms with Gasteiger partial charge in [0.2, 0.25) is 0 Å². The molecule has 0 spiro atoms. The van der Waals surface area contributed by atoms with Crippen molar-refractivity contribution in [1.29, 1.82) is 0 Å². The minimum atomic E-state index is -4.71. The zero-order valence-corrected chi connectivity index (χ0v) is 35.1. The fourth-order valence-electron chi connectivity index (χ4n) is 6.22. The van der Waals surface area contributed by atoms with Crippen LogP contribution in [-0.2, 0) is 37.5 Å². The molecule has 0 bridgehead atoms. The molecule has 0 aromatic carbocycles. The van der Waals surface area contributed by atoms with Gasteiger partial charge in [-0.2, -0.15) is 0 Å². The van der Waals surface area contributed by atoms with Gasteiger partial charge in [0.1, 0.15) is 12.6 Å². The summed E-state index contributed by atoms with van der Waals surface area (Å²) in [6.45, 7) is 4.34. The third kappa shape index (κ3) is 37.2. The van der Waals surface area contributed by atoms with Crippen LogP contribution in [0.25, 0.3) is 0 Å². The topological polar surface area (TPSA) is 172 Å². The number of esters is 2. The summed E-state index contributed by atoms with van der Waals surface area (Å²) < 4.78 is 32.7. The predicted octanol–water partition coefficient (Wildman–Crippen LogP) is 11.3. The van der Waals surface area contributed by atoms with Gasteiger partial charge >= 0.3 is 25.7 Å². The molecule has 12 heteroatoms. The molecule has 11 nitrogen and oxygen atoms in total. The minimum absolute atomic E-state index is 0.167. The number of unbranched alkanes of at least 4 members (excludes halogenated alkanes) is 27. The van der Waals surface area contributed by atoms with Crippen molar-refractivity contribution in [2.75, 3.05) is 19.8 Å². The molecule has 54 heavy (non-hydrogen) atoms. The molecule has 318 valence electrons. The number of ether oxygens (including phenoxy) is 2. The minimum Gasteiger partial charge on any atom is -0.480 e. The number of aliphatic carboxylic acids is 1. The largest absolute Gasteiger partial charge is 0.480 e. The van der Waals surface area contributed by atoms with Crippen LogP contribution in [-0.4, -0.2) is 59.9 Å². The molecule has 0 fully saturated rings. The van der Waals surface area contributed by atoms with Crippen LogP contribution in [0.15, 0.2) is 12.7 Å². The molecular weight excluding hydrogens is 709 g/mol. The normalized spacial score (nSPS) is 13.6. The van der Waals surface area contributed by atoms with Crippen LogP contribution in [0.1, 0.15) is 206 Å². The Morgan fingerprint density at radius 2 is 0.963 bits per heavy atom. The number of phosphoric acid groups is 1. The first-order valence-corrected chi connectivity index (χ1v) is 23.2. The molecule has 0 heterocycles. The summed E-state index contributed by atoms with van der Waals surface area (Å²) in [4.78, 5) is 45.9. The molecule has 4 N–H and O–H groups in total. The van der Waals surface area contributed by atoms with E-state index in [4.69, 9.17) is 24.8 Å². The van der Waals surface area contributed by atoms with E-state index >= 15 is 0 Å². The van der Waals surface area contributed by atoms with Crippen molar-refractivity contribution in [1.82, 2.24) is 0 Å². The smallest absolute Gasteiger partial charge is 0.472 e. The van der Waals surface area contributed by atoms with Crippen LogP contribution < -0.4 is 5.73 Å². The highest BCUT2D eigenvalue weighted by atomic mass is 31.2. The number of carboxylic acids is 1. The Labute approximate surface area is 328 Å². The molecule has 0 aliphatic carbocycles. The highest BCUT2D eigenvalue weighted by Gasteiger charge is 2.28. The number of nitrogens with two attached hydrogens (primary N) is 1. The van der Waals surface area contributed by atoms with Crippen molar-refractivity contribution < 1.29 is 47.5 Å². The first-order chi connectivity index (χ1) is 26.1. The van der Waals surface area contributed by atoms with Gasteiger partial charge in [0.15, 0.2) is 6.10 Å². The molecule has 3 atom stereocenters. The quantitative estimate of drug-likeness (QED) is 0.0232. The Hall–Kier alpha value is -1.78. The van der Waals surface area contributed by atoms with Gasteiger partial charge in [0.05, 0.1) is 13.2 Å². The fraction of sp³-hybridized carbons (Fsp3) is 0.881. The van der Waals surface area contributed by atoms with E-state index in [1.165, 1.54) is 128 Å². The maximum absolute atomic E-state index is 12.6. The number of rotatable bonds is 42. The number of carbonyl (C=O) groups is 3. The predicted molar refractivity (Wildman–Crippen MR) is 217 cm³/mol. The lowest BCUT2D eigenvalue weighted by molar-refractivity contribution is -0.161. The summed E-state index contributed by atoms with van der Waals surface area (Å²) in [7, 11) is -4.71. The van der Waals surface area contributed by atoms with E-state index in [2.05, 4.69) is 18.0 Å².